The minimum absolute atomic E-state index is 0.125. The highest BCUT2D eigenvalue weighted by Crippen LogP contribution is 2.12. The van der Waals surface area contributed by atoms with E-state index in [4.69, 9.17) is 9.84 Å². The predicted molar refractivity (Wildman–Crippen MR) is 62.8 cm³/mol. The van der Waals surface area contributed by atoms with Crippen LogP contribution in [-0.2, 0) is 11.3 Å². The van der Waals surface area contributed by atoms with Gasteiger partial charge in [0.05, 0.1) is 12.3 Å². The predicted octanol–water partition coefficient (Wildman–Crippen LogP) is 2.79. The van der Waals surface area contributed by atoms with E-state index in [2.05, 4.69) is 18.8 Å². The van der Waals surface area contributed by atoms with Gasteiger partial charge in [0.2, 0.25) is 5.01 Å². The maximum absolute atomic E-state index is 10.6. The van der Waals surface area contributed by atoms with Gasteiger partial charge < -0.3 is 9.84 Å². The number of hydrogen-bond donors (Lipinski definition) is 1. The van der Waals surface area contributed by atoms with Crippen LogP contribution in [0.25, 0.3) is 0 Å². The molecule has 0 amide bonds. The summed E-state index contributed by atoms with van der Waals surface area (Å²) in [5, 5.41) is 10.5. The Morgan fingerprint density at radius 3 is 3.00 bits per heavy atom. The minimum Gasteiger partial charge on any atom is -0.476 e. The lowest BCUT2D eigenvalue weighted by Crippen LogP contribution is -2.06. The van der Waals surface area contributed by atoms with Crippen molar-refractivity contribution in [1.82, 2.24) is 4.98 Å². The Balaban J connectivity index is 2.29. The summed E-state index contributed by atoms with van der Waals surface area (Å²) in [6.07, 6.45) is 2.31. The summed E-state index contributed by atoms with van der Waals surface area (Å²) in [5.74, 6) is -0.432. The van der Waals surface area contributed by atoms with E-state index in [-0.39, 0.29) is 5.01 Å². The Morgan fingerprint density at radius 2 is 2.44 bits per heavy atom. The molecule has 0 fully saturated rings. The molecule has 0 aliphatic heterocycles. The third-order valence-corrected chi connectivity index (χ3v) is 3.05. The lowest BCUT2D eigenvalue weighted by molar-refractivity contribution is 0.0693. The Bertz CT molecular complexity index is 338. The molecule has 1 unspecified atom stereocenters. The van der Waals surface area contributed by atoms with Gasteiger partial charge in [-0.05, 0) is 12.3 Å². The molecule has 1 aromatic rings. The summed E-state index contributed by atoms with van der Waals surface area (Å²) in [4.78, 5) is 14.5. The van der Waals surface area contributed by atoms with Crippen molar-refractivity contribution in [3.05, 3.63) is 16.1 Å². The monoisotopic (exact) mass is 243 g/mol. The molecule has 0 spiro atoms. The van der Waals surface area contributed by atoms with Crippen LogP contribution in [0, 0.1) is 5.92 Å². The van der Waals surface area contributed by atoms with Crippen molar-refractivity contribution in [2.75, 3.05) is 6.61 Å². The lowest BCUT2D eigenvalue weighted by atomic mass is 10.1. The van der Waals surface area contributed by atoms with E-state index in [0.717, 1.165) is 24.2 Å². The van der Waals surface area contributed by atoms with Gasteiger partial charge in [-0.1, -0.05) is 20.3 Å². The van der Waals surface area contributed by atoms with Crippen LogP contribution >= 0.6 is 11.3 Å². The molecule has 0 saturated carbocycles. The molecule has 0 aliphatic rings. The molecule has 0 bridgehead atoms. The second-order valence-corrected chi connectivity index (χ2v) is 4.72. The molecule has 16 heavy (non-hydrogen) atoms. The first-order valence-corrected chi connectivity index (χ1v) is 6.26. The van der Waals surface area contributed by atoms with E-state index < -0.39 is 5.97 Å². The Hall–Kier alpha value is -0.940. The molecule has 1 rings (SSSR count). The van der Waals surface area contributed by atoms with Crippen LogP contribution in [-0.4, -0.2) is 22.7 Å². The van der Waals surface area contributed by atoms with Crippen LogP contribution < -0.4 is 0 Å². The summed E-state index contributed by atoms with van der Waals surface area (Å²) >= 11 is 1.14. The van der Waals surface area contributed by atoms with E-state index in [9.17, 15) is 4.79 Å². The number of ether oxygens (including phenoxy) is 1. The largest absolute Gasteiger partial charge is 0.476 e. The van der Waals surface area contributed by atoms with Crippen LogP contribution in [0.1, 0.15) is 42.2 Å². The summed E-state index contributed by atoms with van der Waals surface area (Å²) in [5.41, 5.74) is 0.700. The van der Waals surface area contributed by atoms with Crippen molar-refractivity contribution in [3.8, 4) is 0 Å². The third-order valence-electron chi connectivity index (χ3n) is 2.17. The zero-order chi connectivity index (χ0) is 12.0. The van der Waals surface area contributed by atoms with Gasteiger partial charge in [0.25, 0.3) is 0 Å². The molecule has 0 aromatic carbocycles. The first kappa shape index (κ1) is 13.1. The van der Waals surface area contributed by atoms with Gasteiger partial charge in [0.15, 0.2) is 0 Å². The van der Waals surface area contributed by atoms with E-state index in [1.165, 1.54) is 0 Å². The van der Waals surface area contributed by atoms with Crippen molar-refractivity contribution < 1.29 is 14.6 Å². The highest BCUT2D eigenvalue weighted by atomic mass is 32.1. The van der Waals surface area contributed by atoms with Gasteiger partial charge in [0.1, 0.15) is 0 Å². The zero-order valence-electron chi connectivity index (χ0n) is 9.60. The van der Waals surface area contributed by atoms with Gasteiger partial charge in [-0.25, -0.2) is 9.78 Å². The normalized spacial score (nSPS) is 12.6. The van der Waals surface area contributed by atoms with E-state index in [1.807, 2.05) is 0 Å². The smallest absolute Gasteiger partial charge is 0.365 e. The minimum atomic E-state index is -0.976. The number of aromatic carboxylic acids is 1. The zero-order valence-corrected chi connectivity index (χ0v) is 10.4. The molecular formula is C11H17NO3S. The molecule has 90 valence electrons. The summed E-state index contributed by atoms with van der Waals surface area (Å²) < 4.78 is 5.48. The highest BCUT2D eigenvalue weighted by molar-refractivity contribution is 7.11. The first-order chi connectivity index (χ1) is 7.63. The van der Waals surface area contributed by atoms with Gasteiger partial charge >= 0.3 is 5.97 Å². The van der Waals surface area contributed by atoms with Crippen LogP contribution in [0.2, 0.25) is 0 Å². The summed E-state index contributed by atoms with van der Waals surface area (Å²) in [6.45, 7) is 5.40. The molecule has 4 nitrogen and oxygen atoms in total. The van der Waals surface area contributed by atoms with Gasteiger partial charge in [-0.15, -0.1) is 11.3 Å². The molecule has 1 aromatic heterocycles. The number of rotatable bonds is 7. The van der Waals surface area contributed by atoms with Crippen molar-refractivity contribution >= 4 is 17.3 Å². The molecule has 1 atom stereocenters. The van der Waals surface area contributed by atoms with Crippen LogP contribution in [0.15, 0.2) is 5.38 Å². The Labute approximate surface area is 99.3 Å². The fraction of sp³-hybridized carbons (Fsp3) is 0.636. The fourth-order valence-corrected chi connectivity index (χ4v) is 2.05. The number of thiazole rings is 1. The Morgan fingerprint density at radius 1 is 1.69 bits per heavy atom. The van der Waals surface area contributed by atoms with Crippen molar-refractivity contribution in [3.63, 3.8) is 0 Å². The summed E-state index contributed by atoms with van der Waals surface area (Å²) in [7, 11) is 0. The maximum Gasteiger partial charge on any atom is 0.365 e. The summed E-state index contributed by atoms with van der Waals surface area (Å²) in [6, 6.07) is 0. The molecule has 5 heteroatoms. The molecule has 1 N–H and O–H groups in total. The van der Waals surface area contributed by atoms with Gasteiger partial charge in [0, 0.05) is 12.0 Å². The Kier molecular flexibility index (Phi) is 5.42. The topological polar surface area (TPSA) is 59.4 Å². The van der Waals surface area contributed by atoms with Crippen molar-refractivity contribution in [2.24, 2.45) is 5.92 Å². The van der Waals surface area contributed by atoms with Crippen LogP contribution in [0.5, 0.6) is 0 Å². The molecule has 0 radical (unpaired) electrons. The fourth-order valence-electron chi connectivity index (χ4n) is 1.41. The van der Waals surface area contributed by atoms with Gasteiger partial charge in [-0.2, -0.15) is 0 Å². The standard InChI is InChI=1S/C11H17NO3S/c1-3-4-8(2)5-15-6-9-7-16-10(12-9)11(13)14/h7-8H,3-6H2,1-2H3,(H,13,14). The second kappa shape index (κ2) is 6.60. The molecule has 0 saturated heterocycles. The van der Waals surface area contributed by atoms with Crippen molar-refractivity contribution in [2.45, 2.75) is 33.3 Å². The van der Waals surface area contributed by atoms with Gasteiger partial charge in [-0.3, -0.25) is 0 Å². The number of carbonyl (C=O) groups is 1. The van der Waals surface area contributed by atoms with E-state index in [0.29, 0.717) is 24.8 Å². The van der Waals surface area contributed by atoms with E-state index >= 15 is 0 Å². The highest BCUT2D eigenvalue weighted by Gasteiger charge is 2.09. The second-order valence-electron chi connectivity index (χ2n) is 3.86. The average molecular weight is 243 g/mol. The molecule has 0 aliphatic carbocycles. The number of aromatic nitrogens is 1. The maximum atomic E-state index is 10.6. The molecule has 1 heterocycles. The van der Waals surface area contributed by atoms with E-state index in [1.54, 1.807) is 5.38 Å². The first-order valence-electron chi connectivity index (χ1n) is 5.39. The third kappa shape index (κ3) is 4.28. The van der Waals surface area contributed by atoms with Crippen LogP contribution in [0.4, 0.5) is 0 Å². The lowest BCUT2D eigenvalue weighted by Gasteiger charge is -2.09. The number of carboxylic acids is 1. The average Bonchev–Trinajstić information content (AvgIpc) is 2.67. The quantitative estimate of drug-likeness (QED) is 0.800. The SMILES string of the molecule is CCCC(C)COCc1csc(C(=O)O)n1. The number of carboxylic acid groups (broad SMARTS) is 1. The molecular weight excluding hydrogens is 226 g/mol. The number of hydrogen-bond acceptors (Lipinski definition) is 4. The van der Waals surface area contributed by atoms with Crippen molar-refractivity contribution in [1.29, 1.82) is 0 Å². The number of nitrogens with zero attached hydrogens (tertiary/aromatic N) is 1. The van der Waals surface area contributed by atoms with Crippen LogP contribution in [0.3, 0.4) is 0 Å².